The Bertz CT molecular complexity index is 288. The van der Waals surface area contributed by atoms with Crippen LogP contribution in [0.15, 0.2) is 0 Å². The predicted molar refractivity (Wildman–Crippen MR) is 84.2 cm³/mol. The highest BCUT2D eigenvalue weighted by molar-refractivity contribution is 5.68. The molecule has 0 aliphatic heterocycles. The van der Waals surface area contributed by atoms with Gasteiger partial charge in [0.25, 0.3) is 0 Å². The van der Waals surface area contributed by atoms with Gasteiger partial charge in [0.2, 0.25) is 0 Å². The Morgan fingerprint density at radius 3 is 2.33 bits per heavy atom. The number of aliphatic hydroxyl groups is 2. The van der Waals surface area contributed by atoms with Crippen molar-refractivity contribution in [2.45, 2.75) is 84.5 Å². The molecular weight excluding hydrogens is 270 g/mol. The van der Waals surface area contributed by atoms with E-state index in [1.54, 1.807) is 0 Å². The van der Waals surface area contributed by atoms with E-state index >= 15 is 0 Å². The number of amides is 1. The Morgan fingerprint density at radius 1 is 1.24 bits per heavy atom. The highest BCUT2D eigenvalue weighted by Crippen LogP contribution is 2.14. The minimum absolute atomic E-state index is 0.00425. The minimum atomic E-state index is -0.492. The van der Waals surface area contributed by atoms with Crippen LogP contribution in [0.2, 0.25) is 0 Å². The molecule has 0 rings (SSSR count). The second-order valence-electron chi connectivity index (χ2n) is 6.79. The summed E-state index contributed by atoms with van der Waals surface area (Å²) in [6.45, 7) is 9.42. The largest absolute Gasteiger partial charge is 0.444 e. The third-order valence-electron chi connectivity index (χ3n) is 3.36. The molecule has 126 valence electrons. The van der Waals surface area contributed by atoms with Crippen LogP contribution in [-0.2, 0) is 4.74 Å². The molecule has 0 saturated carbocycles. The van der Waals surface area contributed by atoms with Gasteiger partial charge in [-0.15, -0.1) is 0 Å². The van der Waals surface area contributed by atoms with Gasteiger partial charge in [-0.2, -0.15) is 0 Å². The summed E-state index contributed by atoms with van der Waals surface area (Å²) < 4.78 is 5.27. The minimum Gasteiger partial charge on any atom is -0.444 e. The summed E-state index contributed by atoms with van der Waals surface area (Å²) in [5.74, 6) is -0.103. The van der Waals surface area contributed by atoms with Gasteiger partial charge in [0.1, 0.15) is 5.60 Å². The molecule has 0 saturated heterocycles. The number of ether oxygens (including phenoxy) is 1. The van der Waals surface area contributed by atoms with Crippen molar-refractivity contribution in [2.24, 2.45) is 5.92 Å². The first-order chi connectivity index (χ1) is 9.69. The average Bonchev–Trinajstić information content (AvgIpc) is 2.35. The lowest BCUT2D eigenvalue weighted by molar-refractivity contribution is 0.0492. The van der Waals surface area contributed by atoms with Gasteiger partial charge in [-0.1, -0.05) is 20.3 Å². The quantitative estimate of drug-likeness (QED) is 0.612. The van der Waals surface area contributed by atoms with E-state index in [9.17, 15) is 9.90 Å². The smallest absolute Gasteiger partial charge is 0.407 e. The van der Waals surface area contributed by atoms with Gasteiger partial charge in [-0.25, -0.2) is 4.79 Å². The number of nitrogens with one attached hydrogen (secondary N) is 1. The Hall–Kier alpha value is -0.810. The second kappa shape index (κ2) is 10.0. The first-order valence-electron chi connectivity index (χ1n) is 7.98. The van der Waals surface area contributed by atoms with E-state index < -0.39 is 11.7 Å². The number of rotatable bonds is 9. The fourth-order valence-corrected chi connectivity index (χ4v) is 2.09. The zero-order valence-electron chi connectivity index (χ0n) is 14.2. The van der Waals surface area contributed by atoms with Crippen LogP contribution >= 0.6 is 0 Å². The van der Waals surface area contributed by atoms with Crippen LogP contribution in [0, 0.1) is 5.92 Å². The summed E-state index contributed by atoms with van der Waals surface area (Å²) in [5, 5.41) is 21.7. The fraction of sp³-hybridized carbons (Fsp3) is 0.938. The maximum absolute atomic E-state index is 11.8. The maximum atomic E-state index is 11.8. The Balaban J connectivity index is 4.16. The lowest BCUT2D eigenvalue weighted by Crippen LogP contribution is -2.39. The van der Waals surface area contributed by atoms with Crippen molar-refractivity contribution in [3.05, 3.63) is 0 Å². The number of carbonyl (C=O) groups is 1. The van der Waals surface area contributed by atoms with Crippen LogP contribution in [0.25, 0.3) is 0 Å². The Morgan fingerprint density at radius 2 is 1.86 bits per heavy atom. The van der Waals surface area contributed by atoms with Gasteiger partial charge < -0.3 is 20.3 Å². The molecule has 0 aromatic carbocycles. The van der Waals surface area contributed by atoms with Gasteiger partial charge in [0.15, 0.2) is 0 Å². The molecule has 0 aromatic heterocycles. The summed E-state index contributed by atoms with van der Waals surface area (Å²) in [5.41, 5.74) is -0.492. The van der Waals surface area contributed by atoms with E-state index in [1.807, 2.05) is 27.7 Å². The molecule has 0 aliphatic rings. The van der Waals surface area contributed by atoms with E-state index in [4.69, 9.17) is 9.84 Å². The van der Waals surface area contributed by atoms with E-state index in [0.717, 1.165) is 25.7 Å². The van der Waals surface area contributed by atoms with Crippen molar-refractivity contribution in [1.82, 2.24) is 5.32 Å². The van der Waals surface area contributed by atoms with Crippen LogP contribution in [0.1, 0.15) is 66.7 Å². The molecule has 21 heavy (non-hydrogen) atoms. The number of carbonyl (C=O) groups excluding carboxylic acids is 1. The summed E-state index contributed by atoms with van der Waals surface area (Å²) in [4.78, 5) is 11.8. The molecule has 0 aliphatic carbocycles. The number of hydrogen-bond donors (Lipinski definition) is 3. The number of alkyl carbamates (subject to hydrolysis) is 1. The first-order valence-corrected chi connectivity index (χ1v) is 7.98. The van der Waals surface area contributed by atoms with Crippen molar-refractivity contribution < 1.29 is 19.7 Å². The third kappa shape index (κ3) is 10.5. The summed E-state index contributed by atoms with van der Waals surface area (Å²) in [6.07, 6.45) is 3.26. The van der Waals surface area contributed by atoms with Crippen molar-refractivity contribution in [1.29, 1.82) is 0 Å². The third-order valence-corrected chi connectivity index (χ3v) is 3.36. The molecule has 3 N–H and O–H groups in total. The predicted octanol–water partition coefficient (Wildman–Crippen LogP) is 2.84. The maximum Gasteiger partial charge on any atom is 0.407 e. The van der Waals surface area contributed by atoms with Gasteiger partial charge in [-0.3, -0.25) is 0 Å². The molecule has 0 aromatic rings. The monoisotopic (exact) mass is 303 g/mol. The zero-order valence-corrected chi connectivity index (χ0v) is 14.2. The lowest BCUT2D eigenvalue weighted by atomic mass is 9.97. The second-order valence-corrected chi connectivity index (χ2v) is 6.79. The van der Waals surface area contributed by atoms with Gasteiger partial charge in [0, 0.05) is 18.6 Å². The molecule has 1 amide bonds. The molecular formula is C16H33NO4. The number of aliphatic hydroxyl groups excluding tert-OH is 2. The van der Waals surface area contributed by atoms with Crippen molar-refractivity contribution >= 4 is 6.09 Å². The highest BCUT2D eigenvalue weighted by atomic mass is 16.6. The molecule has 5 nitrogen and oxygen atoms in total. The fourth-order valence-electron chi connectivity index (χ4n) is 2.09. The van der Waals surface area contributed by atoms with Crippen LogP contribution in [-0.4, -0.2) is 40.7 Å². The van der Waals surface area contributed by atoms with Crippen LogP contribution in [0.4, 0.5) is 4.79 Å². The topological polar surface area (TPSA) is 78.8 Å². The molecule has 0 spiro atoms. The van der Waals surface area contributed by atoms with E-state index in [-0.39, 0.29) is 24.7 Å². The van der Waals surface area contributed by atoms with E-state index in [1.165, 1.54) is 0 Å². The van der Waals surface area contributed by atoms with Crippen LogP contribution in [0.3, 0.4) is 0 Å². The lowest BCUT2D eigenvalue weighted by Gasteiger charge is -2.24. The van der Waals surface area contributed by atoms with Crippen molar-refractivity contribution in [3.63, 3.8) is 0 Å². The Kier molecular flexibility index (Phi) is 9.62. The van der Waals surface area contributed by atoms with Gasteiger partial charge in [0.05, 0.1) is 6.10 Å². The number of hydrogen-bond acceptors (Lipinski definition) is 4. The summed E-state index contributed by atoms with van der Waals surface area (Å²) in [6, 6.07) is 0.0708. The molecule has 5 heteroatoms. The van der Waals surface area contributed by atoms with E-state index in [2.05, 4.69) is 12.2 Å². The molecule has 0 bridgehead atoms. The molecule has 0 fully saturated rings. The standard InChI is InChI=1S/C16H33NO4/c1-6-8-13(17-15(20)21-16(3,4)5)9-7-10-14(19)12(2)11-18/h12-14,18-19H,6-11H2,1-5H3,(H,17,20)/t12-,13?,14-/m1/s1. The molecule has 0 heterocycles. The normalized spacial score (nSPS) is 16.1. The first kappa shape index (κ1) is 20.2. The Labute approximate surface area is 129 Å². The molecule has 1 unspecified atom stereocenters. The van der Waals surface area contributed by atoms with Crippen molar-refractivity contribution in [2.75, 3.05) is 6.61 Å². The van der Waals surface area contributed by atoms with Crippen LogP contribution in [0.5, 0.6) is 0 Å². The van der Waals surface area contributed by atoms with Crippen LogP contribution < -0.4 is 5.32 Å². The average molecular weight is 303 g/mol. The zero-order chi connectivity index (χ0) is 16.5. The molecule has 0 radical (unpaired) electrons. The van der Waals surface area contributed by atoms with Gasteiger partial charge >= 0.3 is 6.09 Å². The molecule has 3 atom stereocenters. The summed E-state index contributed by atoms with van der Waals surface area (Å²) >= 11 is 0. The van der Waals surface area contributed by atoms with Gasteiger partial charge in [-0.05, 0) is 46.5 Å². The van der Waals surface area contributed by atoms with Crippen molar-refractivity contribution in [3.8, 4) is 0 Å². The van der Waals surface area contributed by atoms with E-state index in [0.29, 0.717) is 6.42 Å². The summed E-state index contributed by atoms with van der Waals surface area (Å²) in [7, 11) is 0. The highest BCUT2D eigenvalue weighted by Gasteiger charge is 2.20. The SMILES string of the molecule is CCCC(CCC[C@@H](O)[C@H](C)CO)NC(=O)OC(C)(C)C.